The third kappa shape index (κ3) is 4.07. The highest BCUT2D eigenvalue weighted by Crippen LogP contribution is 2.43. The van der Waals surface area contributed by atoms with Crippen LogP contribution in [0.2, 0.25) is 0 Å². The van der Waals surface area contributed by atoms with Crippen molar-refractivity contribution in [3.05, 3.63) is 94.6 Å². The molecule has 1 saturated heterocycles. The molecule has 1 heterocycles. The number of rotatable bonds is 5. The highest BCUT2D eigenvalue weighted by molar-refractivity contribution is 6.51. The number of hydrogen-bond acceptors (Lipinski definition) is 5. The Balaban J connectivity index is 1.91. The summed E-state index contributed by atoms with van der Waals surface area (Å²) < 4.78 is 5.45. The molecular weight excluding hydrogens is 418 g/mol. The zero-order chi connectivity index (χ0) is 23.7. The van der Waals surface area contributed by atoms with Gasteiger partial charge < -0.3 is 14.9 Å². The van der Waals surface area contributed by atoms with Crippen LogP contribution in [0.1, 0.15) is 35.2 Å². The zero-order valence-electron chi connectivity index (χ0n) is 18.7. The van der Waals surface area contributed by atoms with Gasteiger partial charge in [-0.1, -0.05) is 29.8 Å². The second kappa shape index (κ2) is 8.82. The molecule has 0 bridgehead atoms. The van der Waals surface area contributed by atoms with Gasteiger partial charge in [0.05, 0.1) is 18.2 Å². The number of phenols is 1. The van der Waals surface area contributed by atoms with Gasteiger partial charge in [0.25, 0.3) is 11.7 Å². The predicted molar refractivity (Wildman–Crippen MR) is 126 cm³/mol. The Hall–Kier alpha value is -4.06. The molecule has 1 unspecified atom stereocenters. The number of benzene rings is 3. The minimum atomic E-state index is -0.849. The van der Waals surface area contributed by atoms with Gasteiger partial charge in [-0.3, -0.25) is 14.5 Å². The van der Waals surface area contributed by atoms with E-state index in [1.54, 1.807) is 42.5 Å². The summed E-state index contributed by atoms with van der Waals surface area (Å²) in [6.45, 7) is 6.21. The van der Waals surface area contributed by atoms with Crippen molar-refractivity contribution in [1.29, 1.82) is 0 Å². The second-order valence-corrected chi connectivity index (χ2v) is 8.01. The van der Waals surface area contributed by atoms with E-state index in [0.29, 0.717) is 29.2 Å². The van der Waals surface area contributed by atoms with Crippen LogP contribution < -0.4 is 9.64 Å². The second-order valence-electron chi connectivity index (χ2n) is 8.01. The van der Waals surface area contributed by atoms with Crippen LogP contribution in [0.15, 0.2) is 72.3 Å². The quantitative estimate of drug-likeness (QED) is 0.328. The average molecular weight is 443 g/mol. The first kappa shape index (κ1) is 22.1. The van der Waals surface area contributed by atoms with E-state index in [-0.39, 0.29) is 17.1 Å². The largest absolute Gasteiger partial charge is 0.508 e. The molecule has 1 fully saturated rings. The number of phenolic OH excluding ortho intramolecular Hbond substituents is 1. The summed E-state index contributed by atoms with van der Waals surface area (Å²) >= 11 is 0. The van der Waals surface area contributed by atoms with E-state index in [1.165, 1.54) is 17.0 Å². The Morgan fingerprint density at radius 2 is 1.64 bits per heavy atom. The van der Waals surface area contributed by atoms with Crippen LogP contribution in [0.25, 0.3) is 5.76 Å². The van der Waals surface area contributed by atoms with Crippen LogP contribution in [-0.4, -0.2) is 28.5 Å². The third-order valence-electron chi connectivity index (χ3n) is 5.70. The lowest BCUT2D eigenvalue weighted by atomic mass is 9.94. The molecule has 3 aromatic rings. The first-order valence-electron chi connectivity index (χ1n) is 10.7. The number of nitrogens with zero attached hydrogens (tertiary/aromatic N) is 1. The molecule has 6 heteroatoms. The number of Topliss-reactive ketones (excluding diaryl/α,β-unsaturated/α-hetero) is 1. The summed E-state index contributed by atoms with van der Waals surface area (Å²) in [5, 5.41) is 20.9. The van der Waals surface area contributed by atoms with Gasteiger partial charge in [0, 0.05) is 11.3 Å². The highest BCUT2D eigenvalue weighted by Gasteiger charge is 2.47. The Kier molecular flexibility index (Phi) is 5.92. The Labute approximate surface area is 192 Å². The van der Waals surface area contributed by atoms with Gasteiger partial charge in [-0.25, -0.2) is 0 Å². The first-order valence-corrected chi connectivity index (χ1v) is 10.7. The minimum Gasteiger partial charge on any atom is -0.508 e. The molecule has 2 N–H and O–H groups in total. The molecule has 0 saturated carbocycles. The molecule has 3 aromatic carbocycles. The molecule has 0 spiro atoms. The number of aromatic hydroxyl groups is 1. The smallest absolute Gasteiger partial charge is 0.300 e. The predicted octanol–water partition coefficient (Wildman–Crippen LogP) is 5.03. The average Bonchev–Trinajstić information content (AvgIpc) is 3.05. The molecule has 0 radical (unpaired) electrons. The monoisotopic (exact) mass is 443 g/mol. The number of carbonyl (C=O) groups is 2. The van der Waals surface area contributed by atoms with Crippen LogP contribution in [0.4, 0.5) is 5.69 Å². The first-order chi connectivity index (χ1) is 15.8. The van der Waals surface area contributed by atoms with Crippen molar-refractivity contribution >= 4 is 23.1 Å². The van der Waals surface area contributed by atoms with Gasteiger partial charge in [-0.05, 0) is 74.4 Å². The van der Waals surface area contributed by atoms with Crippen LogP contribution >= 0.6 is 0 Å². The van der Waals surface area contributed by atoms with Gasteiger partial charge in [0.15, 0.2) is 0 Å². The molecule has 1 atom stereocenters. The van der Waals surface area contributed by atoms with Crippen molar-refractivity contribution in [2.45, 2.75) is 26.8 Å². The molecule has 4 rings (SSSR count). The standard InChI is InChI=1S/C27H25NO5/c1-4-33-21-12-8-19(9-13-21)25(30)23-24(18-6-10-20(29)11-7-18)28(27(32)26(23)31)22-14-5-16(2)15-17(22)3/h5-15,24,29-30H,4H2,1-3H3/b25-23+. The zero-order valence-corrected chi connectivity index (χ0v) is 18.7. The number of anilines is 1. The maximum absolute atomic E-state index is 13.2. The lowest BCUT2D eigenvalue weighted by Crippen LogP contribution is -2.30. The summed E-state index contributed by atoms with van der Waals surface area (Å²) in [6, 6.07) is 17.8. The SMILES string of the molecule is CCOc1ccc(/C(O)=C2\C(=O)C(=O)N(c3ccc(C)cc3C)C2c2ccc(O)cc2)cc1. The lowest BCUT2D eigenvalue weighted by Gasteiger charge is -2.27. The number of carbonyl (C=O) groups excluding carboxylic acids is 2. The highest BCUT2D eigenvalue weighted by atomic mass is 16.5. The maximum atomic E-state index is 13.2. The molecule has 1 aliphatic rings. The number of aliphatic hydroxyl groups is 1. The third-order valence-corrected chi connectivity index (χ3v) is 5.70. The lowest BCUT2D eigenvalue weighted by molar-refractivity contribution is -0.132. The summed E-state index contributed by atoms with van der Waals surface area (Å²) in [4.78, 5) is 27.9. The van der Waals surface area contributed by atoms with Crippen LogP contribution in [0.3, 0.4) is 0 Å². The van der Waals surface area contributed by atoms with E-state index in [0.717, 1.165) is 11.1 Å². The molecular formula is C27H25NO5. The van der Waals surface area contributed by atoms with E-state index >= 15 is 0 Å². The molecule has 168 valence electrons. The van der Waals surface area contributed by atoms with Gasteiger partial charge in [0.1, 0.15) is 17.3 Å². The van der Waals surface area contributed by atoms with Gasteiger partial charge in [-0.15, -0.1) is 0 Å². The number of aryl methyl sites for hydroxylation is 2. The molecule has 33 heavy (non-hydrogen) atoms. The summed E-state index contributed by atoms with van der Waals surface area (Å²) in [5.41, 5.74) is 3.45. The topological polar surface area (TPSA) is 87.1 Å². The fourth-order valence-electron chi connectivity index (χ4n) is 4.16. The van der Waals surface area contributed by atoms with Gasteiger partial charge in [0.2, 0.25) is 0 Å². The van der Waals surface area contributed by atoms with E-state index < -0.39 is 17.7 Å². The number of ether oxygens (including phenoxy) is 1. The van der Waals surface area contributed by atoms with E-state index in [2.05, 4.69) is 0 Å². The van der Waals surface area contributed by atoms with E-state index in [4.69, 9.17) is 4.74 Å². The Morgan fingerprint density at radius 3 is 2.24 bits per heavy atom. The summed E-state index contributed by atoms with van der Waals surface area (Å²) in [6.07, 6.45) is 0. The van der Waals surface area contributed by atoms with Crippen LogP contribution in [0, 0.1) is 13.8 Å². The van der Waals surface area contributed by atoms with Gasteiger partial charge in [-0.2, -0.15) is 0 Å². The van der Waals surface area contributed by atoms with Crippen molar-refractivity contribution in [1.82, 2.24) is 0 Å². The van der Waals surface area contributed by atoms with Gasteiger partial charge >= 0.3 is 0 Å². The molecule has 1 amide bonds. The molecule has 0 aliphatic carbocycles. The van der Waals surface area contributed by atoms with Crippen molar-refractivity contribution in [2.75, 3.05) is 11.5 Å². The molecule has 0 aromatic heterocycles. The number of amides is 1. The summed E-state index contributed by atoms with van der Waals surface area (Å²) in [5.74, 6) is -1.04. The maximum Gasteiger partial charge on any atom is 0.300 e. The fourth-order valence-corrected chi connectivity index (χ4v) is 4.16. The number of aliphatic hydroxyl groups excluding tert-OH is 1. The Bertz CT molecular complexity index is 1240. The Morgan fingerprint density at radius 1 is 0.970 bits per heavy atom. The number of hydrogen-bond donors (Lipinski definition) is 2. The van der Waals surface area contributed by atoms with Crippen molar-refractivity contribution < 1.29 is 24.5 Å². The van der Waals surface area contributed by atoms with Crippen molar-refractivity contribution in [2.24, 2.45) is 0 Å². The molecule has 1 aliphatic heterocycles. The number of ketones is 1. The van der Waals surface area contributed by atoms with Crippen LogP contribution in [-0.2, 0) is 9.59 Å². The van der Waals surface area contributed by atoms with E-state index in [9.17, 15) is 19.8 Å². The molecule has 6 nitrogen and oxygen atoms in total. The van der Waals surface area contributed by atoms with Crippen molar-refractivity contribution in [3.63, 3.8) is 0 Å². The summed E-state index contributed by atoms with van der Waals surface area (Å²) in [7, 11) is 0. The van der Waals surface area contributed by atoms with E-state index in [1.807, 2.05) is 32.9 Å². The minimum absolute atomic E-state index is 0.00479. The van der Waals surface area contributed by atoms with Crippen molar-refractivity contribution in [3.8, 4) is 11.5 Å². The fraction of sp³-hybridized carbons (Fsp3) is 0.185. The normalized spacial score (nSPS) is 17.4. The van der Waals surface area contributed by atoms with Crippen LogP contribution in [0.5, 0.6) is 11.5 Å².